The Morgan fingerprint density at radius 2 is 1.82 bits per heavy atom. The SMILES string of the molecule is COc1ccc(OC)c(C2CCCN2C(=O)CN2CCN(Cc3ccc4c(c3)CCO4)CC2)c1. The molecule has 5 rings (SSSR count). The number of rotatable bonds is 7. The number of amides is 1. The van der Waals surface area contributed by atoms with Crippen LogP contribution in [0.25, 0.3) is 0 Å². The fourth-order valence-corrected chi connectivity index (χ4v) is 5.47. The number of ether oxygens (including phenoxy) is 3. The van der Waals surface area contributed by atoms with Crippen molar-refractivity contribution in [2.75, 3.05) is 60.1 Å². The number of carbonyl (C=O) groups is 1. The molecule has 7 heteroatoms. The first-order chi connectivity index (χ1) is 16.6. The average Bonchev–Trinajstić information content (AvgIpc) is 3.54. The highest BCUT2D eigenvalue weighted by Crippen LogP contribution is 2.39. The molecule has 1 atom stereocenters. The number of hydrogen-bond donors (Lipinski definition) is 0. The van der Waals surface area contributed by atoms with Crippen LogP contribution in [0.1, 0.15) is 35.6 Å². The van der Waals surface area contributed by atoms with E-state index < -0.39 is 0 Å². The summed E-state index contributed by atoms with van der Waals surface area (Å²) in [5.41, 5.74) is 3.72. The molecule has 2 aromatic carbocycles. The lowest BCUT2D eigenvalue weighted by Crippen LogP contribution is -2.49. The molecule has 0 N–H and O–H groups in total. The van der Waals surface area contributed by atoms with Gasteiger partial charge in [-0.2, -0.15) is 0 Å². The summed E-state index contributed by atoms with van der Waals surface area (Å²) in [6.07, 6.45) is 2.98. The zero-order valence-corrected chi connectivity index (χ0v) is 20.3. The van der Waals surface area contributed by atoms with Gasteiger partial charge in [0.1, 0.15) is 17.2 Å². The van der Waals surface area contributed by atoms with Crippen molar-refractivity contribution in [3.63, 3.8) is 0 Å². The Hall–Kier alpha value is -2.77. The number of hydrogen-bond acceptors (Lipinski definition) is 6. The number of methoxy groups -OCH3 is 2. The molecule has 182 valence electrons. The van der Waals surface area contributed by atoms with Gasteiger partial charge in [-0.15, -0.1) is 0 Å². The van der Waals surface area contributed by atoms with Crippen LogP contribution in [-0.2, 0) is 17.8 Å². The van der Waals surface area contributed by atoms with Crippen LogP contribution in [0.3, 0.4) is 0 Å². The molecule has 2 aromatic rings. The van der Waals surface area contributed by atoms with E-state index in [0.29, 0.717) is 6.54 Å². The molecule has 0 saturated carbocycles. The van der Waals surface area contributed by atoms with E-state index in [1.54, 1.807) is 14.2 Å². The van der Waals surface area contributed by atoms with Crippen LogP contribution >= 0.6 is 0 Å². The van der Waals surface area contributed by atoms with E-state index >= 15 is 0 Å². The lowest BCUT2D eigenvalue weighted by atomic mass is 10.0. The lowest BCUT2D eigenvalue weighted by molar-refractivity contribution is -0.133. The van der Waals surface area contributed by atoms with Crippen LogP contribution in [0.5, 0.6) is 17.2 Å². The maximum absolute atomic E-state index is 13.3. The molecule has 3 aliphatic heterocycles. The van der Waals surface area contributed by atoms with Gasteiger partial charge in [-0.25, -0.2) is 0 Å². The fourth-order valence-electron chi connectivity index (χ4n) is 5.47. The molecule has 3 aliphatic rings. The number of nitrogens with zero attached hydrogens (tertiary/aromatic N) is 3. The molecule has 2 fully saturated rings. The molecular formula is C27H35N3O4. The Kier molecular flexibility index (Phi) is 6.92. The van der Waals surface area contributed by atoms with Crippen LogP contribution in [0, 0.1) is 0 Å². The molecule has 0 spiro atoms. The predicted octanol–water partition coefficient (Wildman–Crippen LogP) is 3.12. The van der Waals surface area contributed by atoms with Crippen LogP contribution in [0.4, 0.5) is 0 Å². The minimum absolute atomic E-state index is 0.0441. The quantitative estimate of drug-likeness (QED) is 0.626. The molecule has 0 bridgehead atoms. The number of likely N-dealkylation sites (tertiary alicyclic amines) is 1. The van der Waals surface area contributed by atoms with E-state index in [9.17, 15) is 4.79 Å². The van der Waals surface area contributed by atoms with Crippen molar-refractivity contribution in [1.82, 2.24) is 14.7 Å². The van der Waals surface area contributed by atoms with Crippen LogP contribution < -0.4 is 14.2 Å². The summed E-state index contributed by atoms with van der Waals surface area (Å²) in [5, 5.41) is 0. The largest absolute Gasteiger partial charge is 0.497 e. The second-order valence-electron chi connectivity index (χ2n) is 9.45. The van der Waals surface area contributed by atoms with Gasteiger partial charge in [0.25, 0.3) is 0 Å². The predicted molar refractivity (Wildman–Crippen MR) is 131 cm³/mol. The number of benzene rings is 2. The van der Waals surface area contributed by atoms with Crippen LogP contribution in [-0.4, -0.2) is 80.7 Å². The van der Waals surface area contributed by atoms with Crippen molar-refractivity contribution in [2.45, 2.75) is 31.8 Å². The fraction of sp³-hybridized carbons (Fsp3) is 0.519. The van der Waals surface area contributed by atoms with E-state index in [1.165, 1.54) is 11.1 Å². The zero-order valence-electron chi connectivity index (χ0n) is 20.3. The van der Waals surface area contributed by atoms with Gasteiger partial charge >= 0.3 is 0 Å². The number of piperazine rings is 1. The summed E-state index contributed by atoms with van der Waals surface area (Å²) >= 11 is 0. The van der Waals surface area contributed by atoms with Gasteiger partial charge in [-0.05, 0) is 48.2 Å². The van der Waals surface area contributed by atoms with Crippen LogP contribution in [0.15, 0.2) is 36.4 Å². The van der Waals surface area contributed by atoms with Gasteiger partial charge in [-0.3, -0.25) is 14.6 Å². The Labute approximate surface area is 202 Å². The van der Waals surface area contributed by atoms with E-state index in [-0.39, 0.29) is 11.9 Å². The third kappa shape index (κ3) is 4.86. The minimum Gasteiger partial charge on any atom is -0.497 e. The molecule has 1 unspecified atom stereocenters. The van der Waals surface area contributed by atoms with Crippen molar-refractivity contribution >= 4 is 5.91 Å². The summed E-state index contributed by atoms with van der Waals surface area (Å²) in [6, 6.07) is 12.5. The third-order valence-electron chi connectivity index (χ3n) is 7.35. The van der Waals surface area contributed by atoms with Gasteiger partial charge in [0.05, 0.1) is 33.4 Å². The maximum Gasteiger partial charge on any atom is 0.237 e. The van der Waals surface area contributed by atoms with Crippen LogP contribution in [0.2, 0.25) is 0 Å². The zero-order chi connectivity index (χ0) is 23.5. The Bertz CT molecular complexity index is 1020. The Balaban J connectivity index is 1.16. The minimum atomic E-state index is 0.0441. The van der Waals surface area contributed by atoms with E-state index in [2.05, 4.69) is 28.0 Å². The maximum atomic E-state index is 13.3. The normalized spacial score (nSPS) is 20.8. The smallest absolute Gasteiger partial charge is 0.237 e. The lowest BCUT2D eigenvalue weighted by Gasteiger charge is -2.36. The Morgan fingerprint density at radius 1 is 1.00 bits per heavy atom. The Morgan fingerprint density at radius 3 is 2.62 bits per heavy atom. The second-order valence-corrected chi connectivity index (χ2v) is 9.45. The van der Waals surface area contributed by atoms with E-state index in [0.717, 1.165) is 87.9 Å². The molecule has 0 radical (unpaired) electrons. The first kappa shape index (κ1) is 23.0. The molecule has 0 aliphatic carbocycles. The molecule has 34 heavy (non-hydrogen) atoms. The number of carbonyl (C=O) groups excluding carboxylic acids is 1. The highest BCUT2D eigenvalue weighted by atomic mass is 16.5. The van der Waals surface area contributed by atoms with Gasteiger partial charge in [0.2, 0.25) is 5.91 Å². The summed E-state index contributed by atoms with van der Waals surface area (Å²) in [6.45, 7) is 6.83. The van der Waals surface area contributed by atoms with Gasteiger partial charge in [0, 0.05) is 51.3 Å². The average molecular weight is 466 g/mol. The molecule has 3 heterocycles. The van der Waals surface area contributed by atoms with Crippen molar-refractivity contribution in [2.24, 2.45) is 0 Å². The van der Waals surface area contributed by atoms with E-state index in [4.69, 9.17) is 14.2 Å². The summed E-state index contributed by atoms with van der Waals surface area (Å²) in [4.78, 5) is 20.1. The summed E-state index contributed by atoms with van der Waals surface area (Å²) < 4.78 is 16.7. The van der Waals surface area contributed by atoms with Gasteiger partial charge < -0.3 is 19.1 Å². The first-order valence-electron chi connectivity index (χ1n) is 12.4. The molecule has 0 aromatic heterocycles. The van der Waals surface area contributed by atoms with Crippen molar-refractivity contribution in [1.29, 1.82) is 0 Å². The standard InChI is InChI=1S/C27H35N3O4/c1-32-22-6-8-26(33-2)23(17-22)24-4-3-10-30(24)27(31)19-29-13-11-28(12-14-29)18-20-5-7-25-21(16-20)9-15-34-25/h5-8,16-17,24H,3-4,9-15,18-19H2,1-2H3. The topological polar surface area (TPSA) is 54.5 Å². The van der Waals surface area contributed by atoms with Gasteiger partial charge in [0.15, 0.2) is 0 Å². The van der Waals surface area contributed by atoms with Crippen molar-refractivity contribution in [3.8, 4) is 17.2 Å². The third-order valence-corrected chi connectivity index (χ3v) is 7.35. The van der Waals surface area contributed by atoms with E-state index in [1.807, 2.05) is 23.1 Å². The highest BCUT2D eigenvalue weighted by molar-refractivity contribution is 5.79. The summed E-state index contributed by atoms with van der Waals surface area (Å²) in [7, 11) is 3.35. The highest BCUT2D eigenvalue weighted by Gasteiger charge is 2.33. The van der Waals surface area contributed by atoms with Crippen molar-refractivity contribution in [3.05, 3.63) is 53.1 Å². The second kappa shape index (κ2) is 10.2. The molecular weight excluding hydrogens is 430 g/mol. The summed E-state index contributed by atoms with van der Waals surface area (Å²) in [5.74, 6) is 2.86. The van der Waals surface area contributed by atoms with Crippen molar-refractivity contribution < 1.29 is 19.0 Å². The first-order valence-corrected chi connectivity index (χ1v) is 12.4. The molecule has 7 nitrogen and oxygen atoms in total. The number of fused-ring (bicyclic) bond motifs is 1. The molecule has 1 amide bonds. The molecule has 2 saturated heterocycles. The van der Waals surface area contributed by atoms with Gasteiger partial charge in [-0.1, -0.05) is 12.1 Å². The monoisotopic (exact) mass is 465 g/mol.